The molecule has 22 heavy (non-hydrogen) atoms. The van der Waals surface area contributed by atoms with Crippen molar-refractivity contribution in [2.75, 3.05) is 27.3 Å². The molecule has 2 N–H and O–H groups in total. The average molecular weight is 305 g/mol. The Labute approximate surface area is 133 Å². The Bertz CT molecular complexity index is 517. The third-order valence-electron chi connectivity index (χ3n) is 3.91. The molecule has 0 radical (unpaired) electrons. The van der Waals surface area contributed by atoms with Crippen LogP contribution in [0.25, 0.3) is 0 Å². The van der Waals surface area contributed by atoms with Gasteiger partial charge in [-0.2, -0.15) is 0 Å². The normalized spacial score (nSPS) is 20.5. The van der Waals surface area contributed by atoms with Gasteiger partial charge >= 0.3 is 0 Å². The predicted molar refractivity (Wildman–Crippen MR) is 89.9 cm³/mol. The quantitative estimate of drug-likeness (QED) is 0.599. The predicted octanol–water partition coefficient (Wildman–Crippen LogP) is 2.21. The van der Waals surface area contributed by atoms with Crippen LogP contribution in [-0.4, -0.2) is 39.3 Å². The van der Waals surface area contributed by atoms with Gasteiger partial charge in [0.1, 0.15) is 11.5 Å². The van der Waals surface area contributed by atoms with Gasteiger partial charge < -0.3 is 20.1 Å². The molecule has 1 aromatic rings. The molecule has 2 atom stereocenters. The van der Waals surface area contributed by atoms with Crippen LogP contribution >= 0.6 is 0 Å². The van der Waals surface area contributed by atoms with Crippen LogP contribution in [-0.2, 0) is 6.42 Å². The van der Waals surface area contributed by atoms with Crippen LogP contribution in [0.15, 0.2) is 23.2 Å². The van der Waals surface area contributed by atoms with Crippen molar-refractivity contribution in [2.24, 2.45) is 10.9 Å². The van der Waals surface area contributed by atoms with E-state index < -0.39 is 0 Å². The van der Waals surface area contributed by atoms with Crippen molar-refractivity contribution in [1.82, 2.24) is 10.6 Å². The molecule has 0 bridgehead atoms. The molecule has 1 fully saturated rings. The number of hydrogen-bond acceptors (Lipinski definition) is 3. The minimum absolute atomic E-state index is 0.573. The van der Waals surface area contributed by atoms with Crippen LogP contribution in [0.5, 0.6) is 11.5 Å². The highest BCUT2D eigenvalue weighted by molar-refractivity contribution is 5.80. The Balaban J connectivity index is 1.96. The fourth-order valence-electron chi connectivity index (χ4n) is 2.38. The van der Waals surface area contributed by atoms with Crippen molar-refractivity contribution in [3.63, 3.8) is 0 Å². The van der Waals surface area contributed by atoms with Gasteiger partial charge in [0.25, 0.3) is 0 Å². The minimum atomic E-state index is 0.573. The molecule has 1 aliphatic rings. The van der Waals surface area contributed by atoms with Gasteiger partial charge in [0.15, 0.2) is 5.96 Å². The van der Waals surface area contributed by atoms with Crippen molar-refractivity contribution in [2.45, 2.75) is 32.7 Å². The summed E-state index contributed by atoms with van der Waals surface area (Å²) in [6.45, 7) is 5.91. The number of nitrogens with zero attached hydrogens (tertiary/aromatic N) is 1. The van der Waals surface area contributed by atoms with Gasteiger partial charge in [-0.05, 0) is 49.4 Å². The lowest BCUT2D eigenvalue weighted by Gasteiger charge is -2.12. The molecule has 1 aromatic carbocycles. The van der Waals surface area contributed by atoms with E-state index in [4.69, 9.17) is 9.47 Å². The van der Waals surface area contributed by atoms with E-state index in [2.05, 4.69) is 29.5 Å². The van der Waals surface area contributed by atoms with E-state index in [1.807, 2.05) is 18.2 Å². The van der Waals surface area contributed by atoms with E-state index >= 15 is 0 Å². The Hall–Kier alpha value is -1.91. The number of benzene rings is 1. The highest BCUT2D eigenvalue weighted by Crippen LogP contribution is 2.28. The molecule has 122 valence electrons. The second-order valence-electron chi connectivity index (χ2n) is 5.65. The second kappa shape index (κ2) is 7.92. The second-order valence-corrected chi connectivity index (χ2v) is 5.65. The summed E-state index contributed by atoms with van der Waals surface area (Å²) in [5.41, 5.74) is 1.11. The third-order valence-corrected chi connectivity index (χ3v) is 3.91. The molecular weight excluding hydrogens is 278 g/mol. The molecule has 0 spiro atoms. The van der Waals surface area contributed by atoms with Gasteiger partial charge in [-0.15, -0.1) is 0 Å². The van der Waals surface area contributed by atoms with Crippen LogP contribution in [0.4, 0.5) is 0 Å². The van der Waals surface area contributed by atoms with E-state index in [1.54, 1.807) is 14.2 Å². The summed E-state index contributed by atoms with van der Waals surface area (Å²) in [7, 11) is 3.36. The summed E-state index contributed by atoms with van der Waals surface area (Å²) in [5, 5.41) is 6.76. The van der Waals surface area contributed by atoms with Crippen molar-refractivity contribution in [1.29, 1.82) is 0 Å². The first-order valence-electron chi connectivity index (χ1n) is 7.93. The standard InChI is InChI=1S/C17H27N3O2/c1-5-18-17(20-15-10-12(15)2)19-9-8-13-11-14(21-3)6-7-16(13)22-4/h6-7,11-12,15H,5,8-10H2,1-4H3,(H2,18,19,20). The van der Waals surface area contributed by atoms with E-state index in [0.717, 1.165) is 41.9 Å². The molecular formula is C17H27N3O2. The fraction of sp³-hybridized carbons (Fsp3) is 0.588. The maximum Gasteiger partial charge on any atom is 0.191 e. The molecule has 2 rings (SSSR count). The van der Waals surface area contributed by atoms with Gasteiger partial charge in [0.2, 0.25) is 0 Å². The molecule has 2 unspecified atom stereocenters. The van der Waals surface area contributed by atoms with Gasteiger partial charge in [-0.1, -0.05) is 6.92 Å². The van der Waals surface area contributed by atoms with Crippen molar-refractivity contribution in [3.8, 4) is 11.5 Å². The van der Waals surface area contributed by atoms with Gasteiger partial charge in [0, 0.05) is 19.1 Å². The van der Waals surface area contributed by atoms with Crippen LogP contribution in [0, 0.1) is 5.92 Å². The van der Waals surface area contributed by atoms with Gasteiger partial charge in [-0.25, -0.2) is 0 Å². The number of nitrogens with one attached hydrogen (secondary N) is 2. The summed E-state index contributed by atoms with van der Waals surface area (Å²) in [6.07, 6.45) is 2.05. The molecule has 0 saturated heterocycles. The lowest BCUT2D eigenvalue weighted by molar-refractivity contribution is 0.399. The number of guanidine groups is 1. The molecule has 1 saturated carbocycles. The van der Waals surface area contributed by atoms with Gasteiger partial charge in [0.05, 0.1) is 14.2 Å². The first-order valence-corrected chi connectivity index (χ1v) is 7.93. The topological polar surface area (TPSA) is 54.9 Å². The van der Waals surface area contributed by atoms with Crippen molar-refractivity contribution in [3.05, 3.63) is 23.8 Å². The third kappa shape index (κ3) is 4.55. The number of aliphatic imine (C=N–C) groups is 1. The van der Waals surface area contributed by atoms with E-state index in [-0.39, 0.29) is 0 Å². The zero-order valence-corrected chi connectivity index (χ0v) is 14.0. The van der Waals surface area contributed by atoms with Crippen LogP contribution in [0.1, 0.15) is 25.8 Å². The van der Waals surface area contributed by atoms with Gasteiger partial charge in [-0.3, -0.25) is 4.99 Å². The van der Waals surface area contributed by atoms with Crippen LogP contribution in [0.2, 0.25) is 0 Å². The monoisotopic (exact) mass is 305 g/mol. The fourth-order valence-corrected chi connectivity index (χ4v) is 2.38. The highest BCUT2D eigenvalue weighted by Gasteiger charge is 2.33. The van der Waals surface area contributed by atoms with Crippen LogP contribution in [0.3, 0.4) is 0 Å². The smallest absolute Gasteiger partial charge is 0.191 e. The van der Waals surface area contributed by atoms with E-state index in [1.165, 1.54) is 6.42 Å². The summed E-state index contributed by atoms with van der Waals surface area (Å²) in [4.78, 5) is 4.65. The highest BCUT2D eigenvalue weighted by atomic mass is 16.5. The zero-order valence-electron chi connectivity index (χ0n) is 14.0. The molecule has 5 nitrogen and oxygen atoms in total. The molecule has 0 aromatic heterocycles. The van der Waals surface area contributed by atoms with E-state index in [9.17, 15) is 0 Å². The largest absolute Gasteiger partial charge is 0.497 e. The van der Waals surface area contributed by atoms with Crippen LogP contribution < -0.4 is 20.1 Å². The Morgan fingerprint density at radius 2 is 2.09 bits per heavy atom. The lowest BCUT2D eigenvalue weighted by atomic mass is 10.1. The molecule has 0 amide bonds. The molecule has 5 heteroatoms. The maximum absolute atomic E-state index is 5.40. The van der Waals surface area contributed by atoms with Crippen molar-refractivity contribution >= 4 is 5.96 Å². The molecule has 0 aliphatic heterocycles. The van der Waals surface area contributed by atoms with Crippen molar-refractivity contribution < 1.29 is 9.47 Å². The zero-order chi connectivity index (χ0) is 15.9. The number of methoxy groups -OCH3 is 2. The SMILES string of the molecule is CCNC(=NCCc1cc(OC)ccc1OC)NC1CC1C. The summed E-state index contributed by atoms with van der Waals surface area (Å²) >= 11 is 0. The Kier molecular flexibility index (Phi) is 5.92. The molecule has 1 aliphatic carbocycles. The first kappa shape index (κ1) is 16.5. The van der Waals surface area contributed by atoms with E-state index in [0.29, 0.717) is 12.6 Å². The Morgan fingerprint density at radius 3 is 2.68 bits per heavy atom. The summed E-state index contributed by atoms with van der Waals surface area (Å²) in [6, 6.07) is 6.43. The maximum atomic E-state index is 5.40. The summed E-state index contributed by atoms with van der Waals surface area (Å²) < 4.78 is 10.7. The lowest BCUT2D eigenvalue weighted by Crippen LogP contribution is -2.39. The number of hydrogen-bond donors (Lipinski definition) is 2. The summed E-state index contributed by atoms with van der Waals surface area (Å²) in [5.74, 6) is 3.38. The number of ether oxygens (including phenoxy) is 2. The molecule has 0 heterocycles. The number of rotatable bonds is 7. The minimum Gasteiger partial charge on any atom is -0.497 e. The Morgan fingerprint density at radius 1 is 1.32 bits per heavy atom. The average Bonchev–Trinajstić information content (AvgIpc) is 3.22. The first-order chi connectivity index (χ1) is 10.7.